The molecule has 0 unspecified atom stereocenters. The van der Waals surface area contributed by atoms with Gasteiger partial charge < -0.3 is 15.2 Å². The van der Waals surface area contributed by atoms with Gasteiger partial charge in [-0.1, -0.05) is 13.3 Å². The molecule has 1 amide bonds. The molecule has 1 heterocycles. The molecule has 0 aromatic heterocycles. The molecule has 1 saturated heterocycles. The van der Waals surface area contributed by atoms with Crippen LogP contribution in [0.3, 0.4) is 0 Å². The van der Waals surface area contributed by atoms with Crippen molar-refractivity contribution in [3.63, 3.8) is 0 Å². The molecule has 0 bridgehead atoms. The first kappa shape index (κ1) is 10.4. The fourth-order valence-corrected chi connectivity index (χ4v) is 1.43. The summed E-state index contributed by atoms with van der Waals surface area (Å²) < 4.78 is 12.2. The summed E-state index contributed by atoms with van der Waals surface area (Å²) in [5.74, 6) is -1.96. The Labute approximate surface area is 90.3 Å². The molecule has 0 aromatic rings. The largest absolute Gasteiger partial charge is 0.464 e. The van der Waals surface area contributed by atoms with Crippen LogP contribution in [0.15, 0.2) is 0 Å². The molecular formula is C10H17NO4. The Hall–Kier alpha value is -1.10. The minimum atomic E-state index is -0.954. The normalized spacial score (nSPS) is 28.1. The number of carbonyl (C=O) groups excluding carboxylic acids is 2. The molecule has 86 valence electrons. The summed E-state index contributed by atoms with van der Waals surface area (Å²) in [7, 11) is 0. The van der Waals surface area contributed by atoms with Gasteiger partial charge in [0.1, 0.15) is 6.04 Å². The Balaban J connectivity index is 2.51. The van der Waals surface area contributed by atoms with Crippen molar-refractivity contribution >= 4 is 11.9 Å². The van der Waals surface area contributed by atoms with Crippen molar-refractivity contribution < 1.29 is 20.8 Å². The van der Waals surface area contributed by atoms with Gasteiger partial charge in [0.05, 0.1) is 18.6 Å². The standard InChI is InChI=1S/C10H17NO4/c1-3-4-5-15-10(14)8-7(6(2)12)9(13)11-8/h6-8,12H,3-5H2,1-2H3,(H,11,13)/t6-,7+,8-/m1/s1/i/hD. The zero-order valence-electron chi connectivity index (χ0n) is 9.97. The van der Waals surface area contributed by atoms with Crippen molar-refractivity contribution in [1.29, 1.82) is 0 Å². The van der Waals surface area contributed by atoms with Crippen LogP contribution in [0.5, 0.6) is 0 Å². The maximum atomic E-state index is 11.5. The minimum absolute atomic E-state index is 0.292. The predicted molar refractivity (Wildman–Crippen MR) is 53.0 cm³/mol. The van der Waals surface area contributed by atoms with Crippen LogP contribution in [-0.4, -0.2) is 35.7 Å². The zero-order chi connectivity index (χ0) is 12.3. The number of amides is 1. The van der Waals surface area contributed by atoms with Crippen LogP contribution in [0.1, 0.15) is 26.7 Å². The van der Waals surface area contributed by atoms with E-state index in [1.165, 1.54) is 6.92 Å². The highest BCUT2D eigenvalue weighted by Crippen LogP contribution is 2.20. The molecule has 1 rings (SSSR count). The van der Waals surface area contributed by atoms with E-state index in [0.717, 1.165) is 12.8 Å². The number of esters is 1. The number of aliphatic hydroxyl groups excluding tert-OH is 1. The van der Waals surface area contributed by atoms with Crippen molar-refractivity contribution in [3.8, 4) is 0 Å². The van der Waals surface area contributed by atoms with Gasteiger partial charge in [-0.25, -0.2) is 4.79 Å². The van der Waals surface area contributed by atoms with Crippen LogP contribution in [0.2, 0.25) is 1.41 Å². The SMILES string of the molecule is [2H]N1C(=O)[C@@H]([C@@H](C)O)[C@@H]1C(=O)OCCCC. The minimum Gasteiger partial charge on any atom is -0.464 e. The summed E-state index contributed by atoms with van der Waals surface area (Å²) in [5.41, 5.74) is 0. The number of nitrogens with one attached hydrogen (secondary N) is 1. The van der Waals surface area contributed by atoms with E-state index in [4.69, 9.17) is 6.15 Å². The van der Waals surface area contributed by atoms with Crippen molar-refractivity contribution in [2.24, 2.45) is 5.92 Å². The number of aliphatic hydroxyl groups is 1. The van der Waals surface area contributed by atoms with Gasteiger partial charge in [0, 0.05) is 0 Å². The quantitative estimate of drug-likeness (QED) is 0.380. The number of β-lactam (4-membered cyclic amide) rings is 1. The summed E-state index contributed by atoms with van der Waals surface area (Å²) in [6, 6.07) is -0.954. The van der Waals surface area contributed by atoms with Gasteiger partial charge in [0.15, 0.2) is 1.41 Å². The van der Waals surface area contributed by atoms with Gasteiger partial charge in [0.25, 0.3) is 0 Å². The molecule has 0 saturated carbocycles. The van der Waals surface area contributed by atoms with E-state index in [9.17, 15) is 14.7 Å². The van der Waals surface area contributed by atoms with Gasteiger partial charge in [-0.05, 0) is 13.3 Å². The molecule has 1 aliphatic rings. The molecule has 0 aromatic carbocycles. The summed E-state index contributed by atoms with van der Waals surface area (Å²) in [6.45, 7) is 3.69. The van der Waals surface area contributed by atoms with E-state index in [1.54, 1.807) is 0 Å². The number of carbonyl (C=O) groups is 2. The van der Waals surface area contributed by atoms with Crippen molar-refractivity contribution in [3.05, 3.63) is 0 Å². The fourth-order valence-electron chi connectivity index (χ4n) is 1.43. The first-order chi connectivity index (χ1) is 7.50. The average molecular weight is 216 g/mol. The highest BCUT2D eigenvalue weighted by atomic mass is 16.5. The van der Waals surface area contributed by atoms with Crippen LogP contribution in [0.4, 0.5) is 0 Å². The molecule has 15 heavy (non-hydrogen) atoms. The van der Waals surface area contributed by atoms with Crippen LogP contribution in [0.25, 0.3) is 0 Å². The average Bonchev–Trinajstić information content (AvgIpc) is 2.23. The predicted octanol–water partition coefficient (Wildman–Crippen LogP) is -0.175. The lowest BCUT2D eigenvalue weighted by atomic mass is 9.86. The lowest BCUT2D eigenvalue weighted by Crippen LogP contribution is -2.65. The summed E-state index contributed by atoms with van der Waals surface area (Å²) >= 11 is 0. The maximum absolute atomic E-state index is 11.5. The third kappa shape index (κ3) is 2.68. The van der Waals surface area contributed by atoms with Crippen molar-refractivity contribution in [2.75, 3.05) is 6.61 Å². The van der Waals surface area contributed by atoms with Gasteiger partial charge >= 0.3 is 5.97 Å². The molecular weight excluding hydrogens is 198 g/mol. The third-order valence-corrected chi connectivity index (χ3v) is 2.40. The topological polar surface area (TPSA) is 75.6 Å². The second-order valence-corrected chi connectivity index (χ2v) is 3.70. The molecule has 0 spiro atoms. The van der Waals surface area contributed by atoms with Crippen LogP contribution in [-0.2, 0) is 14.3 Å². The van der Waals surface area contributed by atoms with Crippen LogP contribution in [0, 0.1) is 5.92 Å². The second-order valence-electron chi connectivity index (χ2n) is 3.70. The highest BCUT2D eigenvalue weighted by molar-refractivity contribution is 5.97. The molecule has 3 atom stereocenters. The van der Waals surface area contributed by atoms with E-state index in [2.05, 4.69) is 0 Å². The smallest absolute Gasteiger partial charge is 0.329 e. The van der Waals surface area contributed by atoms with Gasteiger partial charge in [-0.2, -0.15) is 0 Å². The molecule has 5 nitrogen and oxygen atoms in total. The van der Waals surface area contributed by atoms with E-state index >= 15 is 0 Å². The lowest BCUT2D eigenvalue weighted by Gasteiger charge is -2.36. The van der Waals surface area contributed by atoms with E-state index < -0.39 is 29.9 Å². The fraction of sp³-hybridized carbons (Fsp3) is 0.800. The first-order valence-corrected chi connectivity index (χ1v) is 5.17. The van der Waals surface area contributed by atoms with Crippen molar-refractivity contribution in [2.45, 2.75) is 38.8 Å². The molecule has 0 aliphatic carbocycles. The Morgan fingerprint density at radius 1 is 1.80 bits per heavy atom. The summed E-state index contributed by atoms with van der Waals surface area (Å²) in [5, 5.41) is 9.89. The molecule has 2 N–H and O–H groups in total. The van der Waals surface area contributed by atoms with Crippen molar-refractivity contribution in [1.82, 2.24) is 5.31 Å². The maximum Gasteiger partial charge on any atom is 0.329 e. The van der Waals surface area contributed by atoms with Crippen LogP contribution >= 0.6 is 0 Å². The molecule has 1 fully saturated rings. The molecule has 1 aliphatic heterocycles. The monoisotopic (exact) mass is 216 g/mol. The number of ether oxygens (including phenoxy) is 1. The second kappa shape index (κ2) is 5.11. The number of rotatable bonds is 5. The number of hydrogen-bond acceptors (Lipinski definition) is 4. The third-order valence-electron chi connectivity index (χ3n) is 2.40. The lowest BCUT2D eigenvalue weighted by molar-refractivity contribution is -0.161. The highest BCUT2D eigenvalue weighted by Gasteiger charge is 2.47. The van der Waals surface area contributed by atoms with Gasteiger partial charge in [-0.3, -0.25) is 4.79 Å². The molecule has 0 radical (unpaired) electrons. The Kier molecular flexibility index (Phi) is 3.55. The van der Waals surface area contributed by atoms with Gasteiger partial charge in [-0.15, -0.1) is 0 Å². The Morgan fingerprint density at radius 2 is 2.47 bits per heavy atom. The zero-order valence-corrected chi connectivity index (χ0v) is 8.97. The number of unbranched alkanes of at least 4 members (excludes halogenated alkanes) is 1. The Morgan fingerprint density at radius 3 is 3.00 bits per heavy atom. The first-order valence-electron chi connectivity index (χ1n) is 5.62. The Bertz CT molecular complexity index is 282. The molecule has 5 heteroatoms. The summed E-state index contributed by atoms with van der Waals surface area (Å²) in [6.07, 6.45) is 0.725. The van der Waals surface area contributed by atoms with E-state index in [1.807, 2.05) is 6.92 Å². The number of hydrogen-bond donors (Lipinski definition) is 2. The van der Waals surface area contributed by atoms with E-state index in [-0.39, 0.29) is 0 Å². The van der Waals surface area contributed by atoms with Gasteiger partial charge in [0.2, 0.25) is 5.91 Å². The summed E-state index contributed by atoms with van der Waals surface area (Å²) in [4.78, 5) is 22.7. The van der Waals surface area contributed by atoms with Crippen LogP contribution < -0.4 is 5.31 Å². The van der Waals surface area contributed by atoms with E-state index in [0.29, 0.717) is 11.9 Å².